The van der Waals surface area contributed by atoms with E-state index in [4.69, 9.17) is 0 Å². The number of rotatable bonds is 5. The van der Waals surface area contributed by atoms with E-state index in [0.29, 0.717) is 6.54 Å². The van der Waals surface area contributed by atoms with Crippen molar-refractivity contribution in [2.75, 3.05) is 0 Å². The first-order chi connectivity index (χ1) is 9.95. The number of hydrogen-bond acceptors (Lipinski definition) is 5. The van der Waals surface area contributed by atoms with Gasteiger partial charge in [0.2, 0.25) is 5.91 Å². The maximum absolute atomic E-state index is 11.8. The molecule has 1 amide bonds. The summed E-state index contributed by atoms with van der Waals surface area (Å²) >= 11 is 1.55. The molecule has 21 heavy (non-hydrogen) atoms. The third kappa shape index (κ3) is 4.12. The fourth-order valence-electron chi connectivity index (χ4n) is 1.85. The van der Waals surface area contributed by atoms with E-state index < -0.39 is 11.2 Å². The molecule has 2 aromatic heterocycles. The summed E-state index contributed by atoms with van der Waals surface area (Å²) in [4.78, 5) is 41.6. The number of thiazole rings is 1. The van der Waals surface area contributed by atoms with Gasteiger partial charge >= 0.3 is 5.69 Å². The lowest BCUT2D eigenvalue weighted by Gasteiger charge is -2.06. The molecule has 0 saturated carbocycles. The molecule has 2 rings (SSSR count). The van der Waals surface area contributed by atoms with E-state index in [-0.39, 0.29) is 18.9 Å². The van der Waals surface area contributed by atoms with Gasteiger partial charge in [0.1, 0.15) is 0 Å². The molecule has 2 heterocycles. The first-order valence-electron chi connectivity index (χ1n) is 6.45. The summed E-state index contributed by atoms with van der Waals surface area (Å²) in [6, 6.07) is 1.25. The molecule has 2 aromatic rings. The fourth-order valence-corrected chi connectivity index (χ4v) is 2.72. The zero-order chi connectivity index (χ0) is 15.4. The third-order valence-corrected chi connectivity index (χ3v) is 4.00. The monoisotopic (exact) mass is 308 g/mol. The van der Waals surface area contributed by atoms with Crippen molar-refractivity contribution in [3.63, 3.8) is 0 Å². The topological polar surface area (TPSA) is 96.8 Å². The summed E-state index contributed by atoms with van der Waals surface area (Å²) in [6.45, 7) is 4.50. The number of carbonyl (C=O) groups excluding carboxylic acids is 1. The minimum Gasteiger partial charge on any atom is -0.351 e. The van der Waals surface area contributed by atoms with Crippen LogP contribution in [0.3, 0.4) is 0 Å². The van der Waals surface area contributed by atoms with Crippen molar-refractivity contribution in [1.82, 2.24) is 19.9 Å². The molecule has 0 atom stereocenters. The third-order valence-electron chi connectivity index (χ3n) is 2.92. The van der Waals surface area contributed by atoms with Crippen molar-refractivity contribution in [2.45, 2.75) is 33.4 Å². The van der Waals surface area contributed by atoms with Crippen LogP contribution in [0.5, 0.6) is 0 Å². The van der Waals surface area contributed by atoms with Crippen LogP contribution in [0.1, 0.15) is 22.0 Å². The van der Waals surface area contributed by atoms with Gasteiger partial charge in [-0.1, -0.05) is 0 Å². The minimum atomic E-state index is -0.510. The van der Waals surface area contributed by atoms with Crippen LogP contribution in [0.2, 0.25) is 0 Å². The second-order valence-electron chi connectivity index (χ2n) is 4.57. The van der Waals surface area contributed by atoms with Gasteiger partial charge in [0, 0.05) is 30.1 Å². The van der Waals surface area contributed by atoms with Gasteiger partial charge in [0.25, 0.3) is 5.56 Å². The lowest BCUT2D eigenvalue weighted by atomic mass is 10.3. The highest BCUT2D eigenvalue weighted by molar-refractivity contribution is 7.11. The smallest absolute Gasteiger partial charge is 0.328 e. The Morgan fingerprint density at radius 2 is 2.19 bits per heavy atom. The molecule has 7 nitrogen and oxygen atoms in total. The largest absolute Gasteiger partial charge is 0.351 e. The van der Waals surface area contributed by atoms with Crippen LogP contribution >= 0.6 is 11.3 Å². The molecule has 8 heteroatoms. The standard InChI is InChI=1S/C13H16N4O3S/c1-8-10(21-9(2)15-8)7-14-11(18)3-5-17-6-4-12(19)16-13(17)20/h4,6H,3,5,7H2,1-2H3,(H,14,18)(H,16,19,20). The Morgan fingerprint density at radius 3 is 2.81 bits per heavy atom. The summed E-state index contributed by atoms with van der Waals surface area (Å²) in [5, 5.41) is 3.77. The van der Waals surface area contributed by atoms with Gasteiger partial charge in [-0.2, -0.15) is 0 Å². The van der Waals surface area contributed by atoms with E-state index in [1.165, 1.54) is 16.8 Å². The molecule has 0 fully saturated rings. The van der Waals surface area contributed by atoms with Gasteiger partial charge in [-0.25, -0.2) is 9.78 Å². The Bertz CT molecular complexity index is 759. The Balaban J connectivity index is 1.86. The van der Waals surface area contributed by atoms with Crippen LogP contribution in [0.4, 0.5) is 0 Å². The number of nitrogens with zero attached hydrogens (tertiary/aromatic N) is 2. The lowest BCUT2D eigenvalue weighted by molar-refractivity contribution is -0.121. The van der Waals surface area contributed by atoms with Crippen LogP contribution in [0.25, 0.3) is 0 Å². The highest BCUT2D eigenvalue weighted by Crippen LogP contribution is 2.16. The van der Waals surface area contributed by atoms with E-state index in [1.807, 2.05) is 13.8 Å². The van der Waals surface area contributed by atoms with Crippen LogP contribution in [-0.4, -0.2) is 20.4 Å². The minimum absolute atomic E-state index is 0.154. The predicted octanol–water partition coefficient (Wildman–Crippen LogP) is 0.316. The summed E-state index contributed by atoms with van der Waals surface area (Å²) in [5.74, 6) is -0.154. The van der Waals surface area contributed by atoms with Gasteiger partial charge < -0.3 is 9.88 Å². The van der Waals surface area contributed by atoms with Crippen LogP contribution in [0, 0.1) is 13.8 Å². The first kappa shape index (κ1) is 15.2. The van der Waals surface area contributed by atoms with Gasteiger partial charge in [-0.05, 0) is 13.8 Å². The van der Waals surface area contributed by atoms with Crippen molar-refractivity contribution in [3.8, 4) is 0 Å². The number of hydrogen-bond donors (Lipinski definition) is 2. The quantitative estimate of drug-likeness (QED) is 0.831. The Hall–Kier alpha value is -2.22. The van der Waals surface area contributed by atoms with E-state index in [1.54, 1.807) is 11.3 Å². The van der Waals surface area contributed by atoms with E-state index in [0.717, 1.165) is 15.6 Å². The van der Waals surface area contributed by atoms with Gasteiger partial charge in [0.15, 0.2) is 0 Å². The van der Waals surface area contributed by atoms with Crippen molar-refractivity contribution in [1.29, 1.82) is 0 Å². The molecule has 2 N–H and O–H groups in total. The molecule has 0 radical (unpaired) electrons. The SMILES string of the molecule is Cc1nc(C)c(CNC(=O)CCn2ccc(=O)[nH]c2=O)s1. The predicted molar refractivity (Wildman–Crippen MR) is 79.4 cm³/mol. The zero-order valence-electron chi connectivity index (χ0n) is 11.8. The molecular weight excluding hydrogens is 292 g/mol. The van der Waals surface area contributed by atoms with E-state index in [2.05, 4.69) is 15.3 Å². The molecule has 0 aliphatic rings. The summed E-state index contributed by atoms with van der Waals surface area (Å²) in [5.41, 5.74) is -0.0318. The molecule has 0 aliphatic carbocycles. The normalized spacial score (nSPS) is 10.6. The number of nitrogens with one attached hydrogen (secondary N) is 2. The zero-order valence-corrected chi connectivity index (χ0v) is 12.6. The molecule has 0 aromatic carbocycles. The van der Waals surface area contributed by atoms with Gasteiger partial charge in [-0.3, -0.25) is 14.6 Å². The molecule has 0 bridgehead atoms. The molecule has 112 valence electrons. The molecule has 0 saturated heterocycles. The number of amides is 1. The number of aromatic nitrogens is 3. The Morgan fingerprint density at radius 1 is 1.43 bits per heavy atom. The highest BCUT2D eigenvalue weighted by atomic mass is 32.1. The van der Waals surface area contributed by atoms with Crippen LogP contribution in [0.15, 0.2) is 21.9 Å². The second-order valence-corrected chi connectivity index (χ2v) is 5.86. The number of aryl methyl sites for hydroxylation is 3. The molecular formula is C13H16N4O3S. The van der Waals surface area contributed by atoms with Crippen LogP contribution < -0.4 is 16.6 Å². The maximum Gasteiger partial charge on any atom is 0.328 e. The highest BCUT2D eigenvalue weighted by Gasteiger charge is 2.07. The van der Waals surface area contributed by atoms with Gasteiger partial charge in [0.05, 0.1) is 17.2 Å². The van der Waals surface area contributed by atoms with E-state index >= 15 is 0 Å². The first-order valence-corrected chi connectivity index (χ1v) is 7.27. The summed E-state index contributed by atoms with van der Waals surface area (Å²) < 4.78 is 1.29. The van der Waals surface area contributed by atoms with E-state index in [9.17, 15) is 14.4 Å². The molecule has 0 unspecified atom stereocenters. The van der Waals surface area contributed by atoms with Gasteiger partial charge in [-0.15, -0.1) is 11.3 Å². The average Bonchev–Trinajstić information content (AvgIpc) is 2.73. The Labute approximate surface area is 124 Å². The number of H-pyrrole nitrogens is 1. The average molecular weight is 308 g/mol. The molecule has 0 aliphatic heterocycles. The van der Waals surface area contributed by atoms with Crippen LogP contribution in [-0.2, 0) is 17.9 Å². The summed E-state index contributed by atoms with van der Waals surface area (Å²) in [7, 11) is 0. The van der Waals surface area contributed by atoms with Crippen molar-refractivity contribution in [3.05, 3.63) is 48.7 Å². The Kier molecular flexibility index (Phi) is 4.69. The fraction of sp³-hybridized carbons (Fsp3) is 0.385. The van der Waals surface area contributed by atoms with Crippen molar-refractivity contribution >= 4 is 17.2 Å². The lowest BCUT2D eigenvalue weighted by Crippen LogP contribution is -2.31. The molecule has 0 spiro atoms. The number of aromatic amines is 1. The van der Waals surface area contributed by atoms with Crippen molar-refractivity contribution in [2.24, 2.45) is 0 Å². The second kappa shape index (κ2) is 6.49. The van der Waals surface area contributed by atoms with Crippen molar-refractivity contribution < 1.29 is 4.79 Å². The number of carbonyl (C=O) groups is 1. The maximum atomic E-state index is 11.8. The summed E-state index contributed by atoms with van der Waals surface area (Å²) in [6.07, 6.45) is 1.55.